The number of nitriles is 1. The summed E-state index contributed by atoms with van der Waals surface area (Å²) in [4.78, 5) is 13.8. The Balaban J connectivity index is 1.78. The molecule has 7 nitrogen and oxygen atoms in total. The monoisotopic (exact) mass is 425 g/mol. The number of carbonyl (C=O) groups excluding carboxylic acids is 1. The van der Waals surface area contributed by atoms with E-state index in [0.717, 1.165) is 5.69 Å². The zero-order valence-electron chi connectivity index (χ0n) is 16.4. The molecule has 0 radical (unpaired) electrons. The second-order valence-electron chi connectivity index (χ2n) is 6.30. The summed E-state index contributed by atoms with van der Waals surface area (Å²) in [5, 5.41) is 17.6. The van der Waals surface area contributed by atoms with Gasteiger partial charge in [-0.1, -0.05) is 42.1 Å². The van der Waals surface area contributed by atoms with Gasteiger partial charge in [-0.2, -0.15) is 5.26 Å². The first-order valence-corrected chi connectivity index (χ1v) is 10.2. The Morgan fingerprint density at radius 3 is 2.67 bits per heavy atom. The van der Waals surface area contributed by atoms with Gasteiger partial charge in [0.1, 0.15) is 6.61 Å². The van der Waals surface area contributed by atoms with Crippen molar-refractivity contribution in [3.8, 4) is 17.5 Å². The van der Waals surface area contributed by atoms with E-state index in [1.165, 1.54) is 22.7 Å². The lowest BCUT2D eigenvalue weighted by Crippen LogP contribution is -2.29. The molecule has 154 valence electrons. The summed E-state index contributed by atoms with van der Waals surface area (Å²) in [5.74, 6) is 0.202. The number of hydrogen-bond acceptors (Lipinski definition) is 6. The predicted octanol–water partition coefficient (Wildman–Crippen LogP) is 3.45. The Morgan fingerprint density at radius 2 is 1.93 bits per heavy atom. The van der Waals surface area contributed by atoms with Crippen LogP contribution in [0.2, 0.25) is 0 Å². The van der Waals surface area contributed by atoms with Gasteiger partial charge in [0.2, 0.25) is 5.91 Å². The molecule has 9 heteroatoms. The van der Waals surface area contributed by atoms with Crippen molar-refractivity contribution in [2.45, 2.75) is 18.2 Å². The lowest BCUT2D eigenvalue weighted by molar-refractivity contribution is -0.127. The van der Waals surface area contributed by atoms with Crippen molar-refractivity contribution in [2.75, 3.05) is 19.3 Å². The molecule has 0 aliphatic rings. The Kier molecular flexibility index (Phi) is 7.40. The van der Waals surface area contributed by atoms with Crippen molar-refractivity contribution < 1.29 is 13.9 Å². The second kappa shape index (κ2) is 10.4. The van der Waals surface area contributed by atoms with Gasteiger partial charge in [-0.15, -0.1) is 10.2 Å². The first-order chi connectivity index (χ1) is 14.6. The fourth-order valence-electron chi connectivity index (χ4n) is 2.61. The number of nitrogens with zero attached hydrogens (tertiary/aromatic N) is 5. The van der Waals surface area contributed by atoms with Crippen molar-refractivity contribution in [1.29, 1.82) is 5.26 Å². The van der Waals surface area contributed by atoms with Crippen LogP contribution in [-0.2, 0) is 11.4 Å². The van der Waals surface area contributed by atoms with E-state index in [-0.39, 0.29) is 30.4 Å². The average molecular weight is 425 g/mol. The number of carbonyl (C=O) groups is 1. The SMILES string of the molecule is CN(CCC#N)C(=O)CSc1nnc(COc2ccccc2F)n1-c1ccccc1. The van der Waals surface area contributed by atoms with Gasteiger partial charge in [0.05, 0.1) is 18.2 Å². The van der Waals surface area contributed by atoms with Crippen LogP contribution in [-0.4, -0.2) is 44.9 Å². The van der Waals surface area contributed by atoms with Gasteiger partial charge >= 0.3 is 0 Å². The summed E-state index contributed by atoms with van der Waals surface area (Å²) in [6, 6.07) is 17.6. The van der Waals surface area contributed by atoms with Crippen LogP contribution < -0.4 is 4.74 Å². The first kappa shape index (κ1) is 21.3. The summed E-state index contributed by atoms with van der Waals surface area (Å²) in [6.45, 7) is 0.391. The Hall–Kier alpha value is -3.38. The lowest BCUT2D eigenvalue weighted by Gasteiger charge is -2.15. The third-order valence-electron chi connectivity index (χ3n) is 4.22. The van der Waals surface area contributed by atoms with E-state index in [9.17, 15) is 9.18 Å². The van der Waals surface area contributed by atoms with Crippen LogP contribution in [0.1, 0.15) is 12.2 Å². The molecule has 3 aromatic rings. The molecule has 0 spiro atoms. The topological polar surface area (TPSA) is 84.0 Å². The van der Waals surface area contributed by atoms with Gasteiger partial charge in [0, 0.05) is 19.3 Å². The minimum atomic E-state index is -0.455. The van der Waals surface area contributed by atoms with Crippen molar-refractivity contribution >= 4 is 17.7 Å². The van der Waals surface area contributed by atoms with Crippen molar-refractivity contribution in [3.05, 3.63) is 66.2 Å². The molecule has 1 heterocycles. The molecule has 0 atom stereocenters. The molecule has 0 saturated carbocycles. The predicted molar refractivity (Wildman–Crippen MR) is 111 cm³/mol. The summed E-state index contributed by atoms with van der Waals surface area (Å²) >= 11 is 1.24. The molecule has 0 bridgehead atoms. The normalized spacial score (nSPS) is 10.4. The molecule has 0 unspecified atom stereocenters. The number of halogens is 1. The Bertz CT molecular complexity index is 1040. The first-order valence-electron chi connectivity index (χ1n) is 9.21. The van der Waals surface area contributed by atoms with E-state index < -0.39 is 5.82 Å². The van der Waals surface area contributed by atoms with Crippen LogP contribution in [0.4, 0.5) is 4.39 Å². The maximum absolute atomic E-state index is 13.9. The minimum Gasteiger partial charge on any atom is -0.483 e. The van der Waals surface area contributed by atoms with Gasteiger partial charge < -0.3 is 9.64 Å². The molecule has 0 aliphatic carbocycles. The number of para-hydroxylation sites is 2. The molecule has 0 fully saturated rings. The van der Waals surface area contributed by atoms with E-state index in [1.807, 2.05) is 36.4 Å². The third-order valence-corrected chi connectivity index (χ3v) is 5.13. The highest BCUT2D eigenvalue weighted by Gasteiger charge is 2.18. The van der Waals surface area contributed by atoms with Crippen LogP contribution in [0.3, 0.4) is 0 Å². The van der Waals surface area contributed by atoms with Crippen LogP contribution in [0.25, 0.3) is 5.69 Å². The number of rotatable bonds is 9. The summed E-state index contributed by atoms with van der Waals surface area (Å²) in [7, 11) is 1.66. The number of aromatic nitrogens is 3. The minimum absolute atomic E-state index is 0.0133. The molecular formula is C21H20FN5O2S. The number of thioether (sulfide) groups is 1. The zero-order valence-corrected chi connectivity index (χ0v) is 17.2. The van der Waals surface area contributed by atoms with Crippen LogP contribution in [0, 0.1) is 17.1 Å². The maximum Gasteiger partial charge on any atom is 0.232 e. The molecule has 30 heavy (non-hydrogen) atoms. The molecule has 0 saturated heterocycles. The summed E-state index contributed by atoms with van der Waals surface area (Å²) in [5.41, 5.74) is 0.808. The number of amides is 1. The fourth-order valence-corrected chi connectivity index (χ4v) is 3.52. The standard InChI is InChI=1S/C21H20FN5O2S/c1-26(13-7-12-23)20(28)15-30-21-25-24-19(27(21)16-8-3-2-4-9-16)14-29-18-11-6-5-10-17(18)22/h2-6,8-11H,7,13-15H2,1H3. The maximum atomic E-state index is 13.9. The molecule has 1 aromatic heterocycles. The van der Waals surface area contributed by atoms with E-state index in [2.05, 4.69) is 10.2 Å². The van der Waals surface area contributed by atoms with Crippen LogP contribution >= 0.6 is 11.8 Å². The van der Waals surface area contributed by atoms with Gasteiger partial charge in [0.15, 0.2) is 22.5 Å². The zero-order chi connectivity index (χ0) is 21.3. The number of hydrogen-bond donors (Lipinski definition) is 0. The Morgan fingerprint density at radius 1 is 1.20 bits per heavy atom. The third kappa shape index (κ3) is 5.36. The molecule has 0 N–H and O–H groups in total. The van der Waals surface area contributed by atoms with Gasteiger partial charge in [-0.25, -0.2) is 4.39 Å². The molecule has 2 aromatic carbocycles. The van der Waals surface area contributed by atoms with Crippen LogP contribution in [0.5, 0.6) is 5.75 Å². The molecular weight excluding hydrogens is 405 g/mol. The second-order valence-corrected chi connectivity index (χ2v) is 7.24. The van der Waals surface area contributed by atoms with Crippen molar-refractivity contribution in [2.24, 2.45) is 0 Å². The van der Waals surface area contributed by atoms with Crippen molar-refractivity contribution in [3.63, 3.8) is 0 Å². The largest absolute Gasteiger partial charge is 0.483 e. The van der Waals surface area contributed by atoms with E-state index in [1.54, 1.807) is 29.8 Å². The lowest BCUT2D eigenvalue weighted by atomic mass is 10.3. The highest BCUT2D eigenvalue weighted by molar-refractivity contribution is 7.99. The molecule has 0 aliphatic heterocycles. The Labute approximate surface area is 178 Å². The number of benzene rings is 2. The van der Waals surface area contributed by atoms with Gasteiger partial charge in [-0.3, -0.25) is 9.36 Å². The van der Waals surface area contributed by atoms with E-state index >= 15 is 0 Å². The highest BCUT2D eigenvalue weighted by Crippen LogP contribution is 2.24. The van der Waals surface area contributed by atoms with Gasteiger partial charge in [-0.05, 0) is 24.3 Å². The average Bonchev–Trinajstić information content (AvgIpc) is 3.18. The van der Waals surface area contributed by atoms with E-state index in [4.69, 9.17) is 10.00 Å². The van der Waals surface area contributed by atoms with Gasteiger partial charge in [0.25, 0.3) is 0 Å². The van der Waals surface area contributed by atoms with E-state index in [0.29, 0.717) is 17.5 Å². The van der Waals surface area contributed by atoms with Crippen LogP contribution in [0.15, 0.2) is 59.8 Å². The quantitative estimate of drug-likeness (QED) is 0.488. The summed E-state index contributed by atoms with van der Waals surface area (Å²) in [6.07, 6.45) is 0.282. The summed E-state index contributed by atoms with van der Waals surface area (Å²) < 4.78 is 21.2. The molecule has 3 rings (SSSR count). The fraction of sp³-hybridized carbons (Fsp3) is 0.238. The smallest absolute Gasteiger partial charge is 0.232 e. The highest BCUT2D eigenvalue weighted by atomic mass is 32.2. The molecule has 1 amide bonds. The number of ether oxygens (including phenoxy) is 1. The van der Waals surface area contributed by atoms with Crippen molar-refractivity contribution in [1.82, 2.24) is 19.7 Å².